The van der Waals surface area contributed by atoms with Gasteiger partial charge in [-0.05, 0) is 24.8 Å². The second-order valence-corrected chi connectivity index (χ2v) is 4.14. The van der Waals surface area contributed by atoms with E-state index in [0.29, 0.717) is 18.6 Å². The van der Waals surface area contributed by atoms with Gasteiger partial charge in [-0.1, -0.05) is 44.2 Å². The third-order valence-electron chi connectivity index (χ3n) is 2.28. The molecule has 0 aliphatic carbocycles. The molecule has 0 aliphatic heterocycles. The molecule has 0 amide bonds. The molecule has 1 rings (SSSR count). The van der Waals surface area contributed by atoms with E-state index in [1.54, 1.807) is 0 Å². The van der Waals surface area contributed by atoms with E-state index in [1.807, 2.05) is 13.0 Å². The second kappa shape index (κ2) is 6.59. The maximum atomic E-state index is 5.30. The van der Waals surface area contributed by atoms with Crippen LogP contribution in [0.1, 0.15) is 38.8 Å². The second-order valence-electron chi connectivity index (χ2n) is 4.14. The summed E-state index contributed by atoms with van der Waals surface area (Å²) < 4.78 is 0. The van der Waals surface area contributed by atoms with Gasteiger partial charge in [-0.25, -0.2) is 0 Å². The van der Waals surface area contributed by atoms with Crippen LogP contribution in [0.25, 0.3) is 0 Å². The van der Waals surface area contributed by atoms with E-state index in [4.69, 9.17) is 4.84 Å². The van der Waals surface area contributed by atoms with E-state index < -0.39 is 0 Å². The fraction of sp³-hybridized carbons (Fsp3) is 0.538. The van der Waals surface area contributed by atoms with Crippen molar-refractivity contribution in [2.45, 2.75) is 33.2 Å². The number of rotatable bonds is 6. The topological polar surface area (TPSA) is 21.3 Å². The van der Waals surface area contributed by atoms with Gasteiger partial charge in [0.15, 0.2) is 0 Å². The predicted molar refractivity (Wildman–Crippen MR) is 63.4 cm³/mol. The Hall–Kier alpha value is -0.860. The molecule has 0 saturated carbocycles. The molecule has 0 fully saturated rings. The van der Waals surface area contributed by atoms with Gasteiger partial charge in [0, 0.05) is 0 Å². The molecule has 2 nitrogen and oxygen atoms in total. The van der Waals surface area contributed by atoms with Crippen LogP contribution in [0.3, 0.4) is 0 Å². The minimum absolute atomic E-state index is 0.297. The van der Waals surface area contributed by atoms with Gasteiger partial charge in [0.25, 0.3) is 0 Å². The van der Waals surface area contributed by atoms with Crippen molar-refractivity contribution in [2.24, 2.45) is 5.92 Å². The van der Waals surface area contributed by atoms with Crippen molar-refractivity contribution in [3.63, 3.8) is 0 Å². The van der Waals surface area contributed by atoms with Crippen molar-refractivity contribution in [3.05, 3.63) is 35.9 Å². The Morgan fingerprint density at radius 1 is 1.20 bits per heavy atom. The molecule has 1 aromatic carbocycles. The maximum absolute atomic E-state index is 5.30. The van der Waals surface area contributed by atoms with Gasteiger partial charge in [-0.15, -0.1) is 0 Å². The van der Waals surface area contributed by atoms with Crippen molar-refractivity contribution in [1.82, 2.24) is 5.48 Å². The highest BCUT2D eigenvalue weighted by Gasteiger charge is 2.12. The fourth-order valence-corrected chi connectivity index (χ4v) is 1.59. The van der Waals surface area contributed by atoms with Gasteiger partial charge in [0.1, 0.15) is 0 Å². The van der Waals surface area contributed by atoms with Crippen LogP contribution in [-0.4, -0.2) is 6.61 Å². The Bertz CT molecular complexity index is 258. The Labute approximate surface area is 92.6 Å². The van der Waals surface area contributed by atoms with E-state index in [-0.39, 0.29) is 0 Å². The van der Waals surface area contributed by atoms with E-state index >= 15 is 0 Å². The largest absolute Gasteiger partial charge is 0.302 e. The van der Waals surface area contributed by atoms with E-state index in [2.05, 4.69) is 43.6 Å². The number of hydrogen-bond acceptors (Lipinski definition) is 2. The Morgan fingerprint density at radius 3 is 2.40 bits per heavy atom. The molecule has 2 heteroatoms. The molecule has 1 unspecified atom stereocenters. The highest BCUT2D eigenvalue weighted by atomic mass is 16.6. The number of nitrogens with one attached hydrogen (secondary N) is 1. The van der Waals surface area contributed by atoms with Crippen molar-refractivity contribution >= 4 is 0 Å². The Balaban J connectivity index is 2.63. The highest BCUT2D eigenvalue weighted by Crippen LogP contribution is 2.20. The Kier molecular flexibility index (Phi) is 5.37. The first kappa shape index (κ1) is 12.2. The fourth-order valence-electron chi connectivity index (χ4n) is 1.59. The zero-order valence-corrected chi connectivity index (χ0v) is 9.86. The zero-order valence-electron chi connectivity index (χ0n) is 9.86. The van der Waals surface area contributed by atoms with Gasteiger partial charge in [-0.3, -0.25) is 0 Å². The molecule has 0 aromatic heterocycles. The smallest absolute Gasteiger partial charge is 0.0654 e. The monoisotopic (exact) mass is 207 g/mol. The summed E-state index contributed by atoms with van der Waals surface area (Å²) in [4.78, 5) is 5.30. The lowest BCUT2D eigenvalue weighted by atomic mass is 9.98. The van der Waals surface area contributed by atoms with Crippen LogP contribution < -0.4 is 5.48 Å². The average molecular weight is 207 g/mol. The summed E-state index contributed by atoms with van der Waals surface area (Å²) in [5, 5.41) is 0. The minimum Gasteiger partial charge on any atom is -0.302 e. The SMILES string of the molecule is CCONC(CC(C)C)c1ccccc1. The number of benzene rings is 1. The summed E-state index contributed by atoms with van der Waals surface area (Å²) in [5.41, 5.74) is 4.41. The lowest BCUT2D eigenvalue weighted by Crippen LogP contribution is -2.23. The summed E-state index contributed by atoms with van der Waals surface area (Å²) in [7, 11) is 0. The molecule has 0 radical (unpaired) electrons. The summed E-state index contributed by atoms with van der Waals surface area (Å²) in [5.74, 6) is 0.656. The molecule has 0 heterocycles. The lowest BCUT2D eigenvalue weighted by molar-refractivity contribution is 0.0188. The van der Waals surface area contributed by atoms with Gasteiger partial charge in [0.05, 0.1) is 12.6 Å². The summed E-state index contributed by atoms with van der Waals surface area (Å²) in [6.07, 6.45) is 1.09. The minimum atomic E-state index is 0.297. The van der Waals surface area contributed by atoms with Crippen LogP contribution in [0.4, 0.5) is 0 Å². The van der Waals surface area contributed by atoms with Crippen LogP contribution >= 0.6 is 0 Å². The first-order valence-corrected chi connectivity index (χ1v) is 5.66. The van der Waals surface area contributed by atoms with Crippen LogP contribution in [0.15, 0.2) is 30.3 Å². The molecule has 0 aliphatic rings. The van der Waals surface area contributed by atoms with Gasteiger partial charge < -0.3 is 4.84 Å². The molecule has 1 aromatic rings. The Morgan fingerprint density at radius 2 is 1.87 bits per heavy atom. The molecule has 0 saturated heterocycles. The van der Waals surface area contributed by atoms with Crippen molar-refractivity contribution < 1.29 is 4.84 Å². The molecular formula is C13H21NO. The van der Waals surface area contributed by atoms with E-state index in [9.17, 15) is 0 Å². The van der Waals surface area contributed by atoms with Crippen LogP contribution in [0, 0.1) is 5.92 Å². The molecule has 84 valence electrons. The van der Waals surface area contributed by atoms with Crippen LogP contribution in [-0.2, 0) is 4.84 Å². The first-order valence-electron chi connectivity index (χ1n) is 5.66. The molecule has 15 heavy (non-hydrogen) atoms. The molecule has 0 spiro atoms. The quantitative estimate of drug-likeness (QED) is 0.722. The van der Waals surface area contributed by atoms with Crippen LogP contribution in [0.5, 0.6) is 0 Å². The predicted octanol–water partition coefficient (Wildman–Crippen LogP) is 3.31. The number of hydroxylamine groups is 1. The standard InChI is InChI=1S/C13H21NO/c1-4-15-14-13(10-11(2)3)12-8-6-5-7-9-12/h5-9,11,13-14H,4,10H2,1-3H3. The van der Waals surface area contributed by atoms with Gasteiger partial charge in [-0.2, -0.15) is 5.48 Å². The van der Waals surface area contributed by atoms with E-state index in [1.165, 1.54) is 5.56 Å². The molecule has 1 N–H and O–H groups in total. The summed E-state index contributed by atoms with van der Waals surface area (Å²) >= 11 is 0. The molecule has 1 atom stereocenters. The molecular weight excluding hydrogens is 186 g/mol. The number of hydrogen-bond donors (Lipinski definition) is 1. The third-order valence-corrected chi connectivity index (χ3v) is 2.28. The van der Waals surface area contributed by atoms with E-state index in [0.717, 1.165) is 6.42 Å². The first-order chi connectivity index (χ1) is 7.24. The van der Waals surface area contributed by atoms with Gasteiger partial charge >= 0.3 is 0 Å². The van der Waals surface area contributed by atoms with Crippen molar-refractivity contribution in [3.8, 4) is 0 Å². The molecule has 0 bridgehead atoms. The summed E-state index contributed by atoms with van der Waals surface area (Å²) in [6, 6.07) is 10.7. The zero-order chi connectivity index (χ0) is 11.1. The highest BCUT2D eigenvalue weighted by molar-refractivity contribution is 5.18. The van der Waals surface area contributed by atoms with Gasteiger partial charge in [0.2, 0.25) is 0 Å². The maximum Gasteiger partial charge on any atom is 0.0654 e. The summed E-state index contributed by atoms with van der Waals surface area (Å²) in [6.45, 7) is 7.14. The lowest BCUT2D eigenvalue weighted by Gasteiger charge is -2.20. The van der Waals surface area contributed by atoms with Crippen molar-refractivity contribution in [2.75, 3.05) is 6.61 Å². The van der Waals surface area contributed by atoms with Crippen molar-refractivity contribution in [1.29, 1.82) is 0 Å². The normalized spacial score (nSPS) is 13.1. The third kappa shape index (κ3) is 4.45. The van der Waals surface area contributed by atoms with Crippen LogP contribution in [0.2, 0.25) is 0 Å². The average Bonchev–Trinajstić information content (AvgIpc) is 2.25.